The minimum absolute atomic E-state index is 0.0000414. The van der Waals surface area contributed by atoms with Crippen LogP contribution in [-0.4, -0.2) is 28.0 Å². The number of methoxy groups -OCH3 is 1. The number of anilines is 2. The molecular weight excluding hydrogens is 400 g/mol. The average molecular weight is 425 g/mol. The Balaban J connectivity index is 1.88. The molecule has 0 aromatic heterocycles. The summed E-state index contributed by atoms with van der Waals surface area (Å²) in [6, 6.07) is 18.9. The molecule has 3 aromatic carbocycles. The number of hydrogen-bond donors (Lipinski definition) is 2. The van der Waals surface area contributed by atoms with Crippen LogP contribution in [0, 0.1) is 13.8 Å². The summed E-state index contributed by atoms with van der Waals surface area (Å²) >= 11 is 0. The van der Waals surface area contributed by atoms with Crippen molar-refractivity contribution in [2.24, 2.45) is 0 Å². The van der Waals surface area contributed by atoms with Crippen LogP contribution in [0.4, 0.5) is 11.4 Å². The summed E-state index contributed by atoms with van der Waals surface area (Å²) in [5.41, 5.74) is 2.91. The van der Waals surface area contributed by atoms with Gasteiger partial charge in [-0.15, -0.1) is 0 Å². The van der Waals surface area contributed by atoms with Crippen molar-refractivity contribution in [1.29, 1.82) is 0 Å². The van der Waals surface area contributed by atoms with Crippen molar-refractivity contribution in [2.45, 2.75) is 23.6 Å². The molecule has 0 radical (unpaired) electrons. The number of sulfone groups is 1. The predicted molar refractivity (Wildman–Crippen MR) is 118 cm³/mol. The van der Waals surface area contributed by atoms with E-state index in [1.807, 2.05) is 38.1 Å². The molecule has 0 spiro atoms. The summed E-state index contributed by atoms with van der Waals surface area (Å²) in [4.78, 5) is 12.6. The van der Waals surface area contributed by atoms with Crippen LogP contribution in [0.1, 0.15) is 11.1 Å². The first-order valence-electron chi connectivity index (χ1n) is 9.41. The van der Waals surface area contributed by atoms with E-state index in [1.165, 1.54) is 7.11 Å². The van der Waals surface area contributed by atoms with Gasteiger partial charge in [0.25, 0.3) is 0 Å². The molecule has 6 nitrogen and oxygen atoms in total. The van der Waals surface area contributed by atoms with E-state index in [2.05, 4.69) is 10.6 Å². The van der Waals surface area contributed by atoms with Crippen molar-refractivity contribution in [3.63, 3.8) is 0 Å². The maximum atomic E-state index is 13.3. The molecular formula is C23H24N2O4S. The number of hydrogen-bond acceptors (Lipinski definition) is 5. The third-order valence-corrected chi connectivity index (χ3v) is 6.51. The molecule has 2 N–H and O–H groups in total. The maximum absolute atomic E-state index is 13.3. The molecule has 0 heterocycles. The predicted octanol–water partition coefficient (Wildman–Crippen LogP) is 4.20. The van der Waals surface area contributed by atoms with Crippen molar-refractivity contribution in [1.82, 2.24) is 0 Å². The van der Waals surface area contributed by atoms with E-state index in [-0.39, 0.29) is 28.0 Å². The van der Waals surface area contributed by atoms with Crippen molar-refractivity contribution < 1.29 is 17.9 Å². The Bertz CT molecular complexity index is 1160. The fraction of sp³-hybridized carbons (Fsp3) is 0.174. The van der Waals surface area contributed by atoms with Crippen LogP contribution in [0.5, 0.6) is 5.75 Å². The lowest BCUT2D eigenvalue weighted by Crippen LogP contribution is -2.23. The van der Waals surface area contributed by atoms with Gasteiger partial charge in [0, 0.05) is 5.69 Å². The minimum atomic E-state index is -3.86. The summed E-state index contributed by atoms with van der Waals surface area (Å²) in [6.07, 6.45) is 0. The maximum Gasteiger partial charge on any atom is 0.243 e. The average Bonchev–Trinajstić information content (AvgIpc) is 2.73. The molecule has 3 aromatic rings. The van der Waals surface area contributed by atoms with Crippen LogP contribution in [0.25, 0.3) is 0 Å². The smallest absolute Gasteiger partial charge is 0.243 e. The summed E-state index contributed by atoms with van der Waals surface area (Å²) in [5.74, 6) is -0.0781. The van der Waals surface area contributed by atoms with Gasteiger partial charge in [-0.1, -0.05) is 42.0 Å². The largest absolute Gasteiger partial charge is 0.495 e. The Kier molecular flexibility index (Phi) is 6.42. The molecule has 0 saturated heterocycles. The van der Waals surface area contributed by atoms with Gasteiger partial charge in [0.05, 0.1) is 24.2 Å². The molecule has 0 bridgehead atoms. The SMILES string of the molecule is COc1cccc(NCC(=O)Nc2ccccc2C)c1S(=O)(=O)c1ccc(C)cc1. The number of nitrogens with one attached hydrogen (secondary N) is 2. The fourth-order valence-corrected chi connectivity index (χ4v) is 4.59. The minimum Gasteiger partial charge on any atom is -0.495 e. The van der Waals surface area contributed by atoms with E-state index in [9.17, 15) is 13.2 Å². The van der Waals surface area contributed by atoms with Gasteiger partial charge in [-0.3, -0.25) is 4.79 Å². The summed E-state index contributed by atoms with van der Waals surface area (Å²) in [5, 5.41) is 5.77. The Hall–Kier alpha value is -3.32. The van der Waals surface area contributed by atoms with E-state index in [0.717, 1.165) is 11.1 Å². The van der Waals surface area contributed by atoms with E-state index in [4.69, 9.17) is 4.74 Å². The van der Waals surface area contributed by atoms with Gasteiger partial charge >= 0.3 is 0 Å². The van der Waals surface area contributed by atoms with Gasteiger partial charge in [0.15, 0.2) is 0 Å². The molecule has 30 heavy (non-hydrogen) atoms. The molecule has 0 aliphatic heterocycles. The lowest BCUT2D eigenvalue weighted by Gasteiger charge is -2.16. The monoisotopic (exact) mass is 424 g/mol. The van der Waals surface area contributed by atoms with Crippen molar-refractivity contribution in [3.05, 3.63) is 77.9 Å². The third-order valence-electron chi connectivity index (χ3n) is 4.66. The van der Waals surface area contributed by atoms with Crippen LogP contribution in [0.3, 0.4) is 0 Å². The first kappa shape index (κ1) is 21.4. The number of para-hydroxylation sites is 1. The van der Waals surface area contributed by atoms with Crippen LogP contribution in [0.15, 0.2) is 76.5 Å². The van der Waals surface area contributed by atoms with Crippen molar-refractivity contribution in [3.8, 4) is 5.75 Å². The highest BCUT2D eigenvalue weighted by Crippen LogP contribution is 2.35. The Morgan fingerprint density at radius 1 is 0.900 bits per heavy atom. The molecule has 0 atom stereocenters. The molecule has 0 aliphatic carbocycles. The Morgan fingerprint density at radius 3 is 2.23 bits per heavy atom. The molecule has 3 rings (SSSR count). The highest BCUT2D eigenvalue weighted by Gasteiger charge is 2.26. The van der Waals surface area contributed by atoms with Crippen LogP contribution < -0.4 is 15.4 Å². The van der Waals surface area contributed by atoms with Crippen molar-refractivity contribution in [2.75, 3.05) is 24.3 Å². The van der Waals surface area contributed by atoms with Gasteiger partial charge in [-0.2, -0.15) is 0 Å². The van der Waals surface area contributed by atoms with Gasteiger partial charge in [-0.05, 0) is 49.7 Å². The normalized spacial score (nSPS) is 11.0. The summed E-state index contributed by atoms with van der Waals surface area (Å²) in [6.45, 7) is 3.69. The van der Waals surface area contributed by atoms with E-state index < -0.39 is 9.84 Å². The second-order valence-electron chi connectivity index (χ2n) is 6.87. The topological polar surface area (TPSA) is 84.5 Å². The first-order chi connectivity index (χ1) is 14.3. The fourth-order valence-electron chi connectivity index (χ4n) is 3.01. The lowest BCUT2D eigenvalue weighted by atomic mass is 10.2. The quantitative estimate of drug-likeness (QED) is 0.594. The highest BCUT2D eigenvalue weighted by atomic mass is 32.2. The molecule has 7 heteroatoms. The number of ether oxygens (including phenoxy) is 1. The molecule has 0 saturated carbocycles. The Morgan fingerprint density at radius 2 is 1.57 bits per heavy atom. The Labute approximate surface area is 176 Å². The standard InChI is InChI=1S/C23H24N2O4S/c1-16-11-13-18(14-12-16)30(27,28)23-20(9-6-10-21(23)29-3)24-15-22(26)25-19-8-5-4-7-17(19)2/h4-14,24H,15H2,1-3H3,(H,25,26). The lowest BCUT2D eigenvalue weighted by molar-refractivity contribution is -0.114. The third kappa shape index (κ3) is 4.63. The van der Waals surface area contributed by atoms with E-state index >= 15 is 0 Å². The van der Waals surface area contributed by atoms with Gasteiger partial charge in [0.1, 0.15) is 10.6 Å². The van der Waals surface area contributed by atoms with Crippen LogP contribution in [0.2, 0.25) is 0 Å². The number of benzene rings is 3. The molecule has 1 amide bonds. The molecule has 156 valence electrons. The summed E-state index contributed by atoms with van der Waals surface area (Å²) in [7, 11) is -2.45. The zero-order chi connectivity index (χ0) is 21.7. The second kappa shape index (κ2) is 9.00. The van der Waals surface area contributed by atoms with Crippen LogP contribution in [-0.2, 0) is 14.6 Å². The molecule has 0 unspecified atom stereocenters. The van der Waals surface area contributed by atoms with Crippen molar-refractivity contribution >= 4 is 27.1 Å². The molecule has 0 fully saturated rings. The number of aryl methyl sites for hydroxylation is 2. The number of carbonyl (C=O) groups is 1. The highest BCUT2D eigenvalue weighted by molar-refractivity contribution is 7.91. The van der Waals surface area contributed by atoms with E-state index in [1.54, 1.807) is 42.5 Å². The van der Waals surface area contributed by atoms with Gasteiger partial charge < -0.3 is 15.4 Å². The second-order valence-corrected chi connectivity index (χ2v) is 8.76. The number of carbonyl (C=O) groups excluding carboxylic acids is 1. The zero-order valence-electron chi connectivity index (χ0n) is 17.1. The summed E-state index contributed by atoms with van der Waals surface area (Å²) < 4.78 is 31.9. The van der Waals surface area contributed by atoms with Crippen LogP contribution >= 0.6 is 0 Å². The van der Waals surface area contributed by atoms with E-state index in [0.29, 0.717) is 11.4 Å². The first-order valence-corrected chi connectivity index (χ1v) is 10.9. The molecule has 0 aliphatic rings. The van der Waals surface area contributed by atoms with Gasteiger partial charge in [-0.25, -0.2) is 8.42 Å². The van der Waals surface area contributed by atoms with Gasteiger partial charge in [0.2, 0.25) is 15.7 Å². The zero-order valence-corrected chi connectivity index (χ0v) is 17.9. The number of rotatable bonds is 7. The number of amides is 1.